The molecule has 1 heterocycles. The van der Waals surface area contributed by atoms with Crippen molar-refractivity contribution in [3.63, 3.8) is 0 Å². The third-order valence-corrected chi connectivity index (χ3v) is 3.84. The van der Waals surface area contributed by atoms with Gasteiger partial charge in [-0.1, -0.05) is 6.07 Å². The van der Waals surface area contributed by atoms with Gasteiger partial charge < -0.3 is 25.8 Å². The quantitative estimate of drug-likeness (QED) is 0.603. The average Bonchev–Trinajstić information content (AvgIpc) is 2.70. The van der Waals surface area contributed by atoms with Crippen molar-refractivity contribution in [3.8, 4) is 11.5 Å². The summed E-state index contributed by atoms with van der Waals surface area (Å²) in [5, 5.41) is 5.23. The molecule has 1 aromatic heterocycles. The number of benzene rings is 1. The lowest BCUT2D eigenvalue weighted by Gasteiger charge is -2.17. The normalized spacial score (nSPS) is 11.4. The number of rotatable bonds is 9. The van der Waals surface area contributed by atoms with Gasteiger partial charge in [-0.15, -0.1) is 0 Å². The van der Waals surface area contributed by atoms with Crippen LogP contribution in [0.5, 0.6) is 11.5 Å². The molecule has 8 nitrogen and oxygen atoms in total. The Hall–Kier alpha value is -3.13. The van der Waals surface area contributed by atoms with Crippen LogP contribution in [0.3, 0.4) is 0 Å². The number of pyridine rings is 1. The summed E-state index contributed by atoms with van der Waals surface area (Å²) < 4.78 is 11.2. The Morgan fingerprint density at radius 3 is 2.56 bits per heavy atom. The van der Waals surface area contributed by atoms with Gasteiger partial charge in [0.2, 0.25) is 11.8 Å². The van der Waals surface area contributed by atoms with Crippen LogP contribution in [0.15, 0.2) is 42.7 Å². The molecule has 2 aromatic rings. The predicted molar refractivity (Wildman–Crippen MR) is 100 cm³/mol. The third kappa shape index (κ3) is 6.27. The summed E-state index contributed by atoms with van der Waals surface area (Å²) >= 11 is 0. The molecule has 0 fully saturated rings. The van der Waals surface area contributed by atoms with Gasteiger partial charge in [-0.05, 0) is 42.3 Å². The van der Waals surface area contributed by atoms with Crippen LogP contribution in [0.1, 0.15) is 24.1 Å². The highest BCUT2D eigenvalue weighted by molar-refractivity contribution is 5.85. The van der Waals surface area contributed by atoms with E-state index in [9.17, 15) is 9.59 Å². The van der Waals surface area contributed by atoms with Gasteiger partial charge in [0, 0.05) is 12.4 Å². The van der Waals surface area contributed by atoms with Gasteiger partial charge in [0.25, 0.3) is 0 Å². The molecule has 27 heavy (non-hydrogen) atoms. The zero-order chi connectivity index (χ0) is 19.6. The number of nitrogens with two attached hydrogens (primary N) is 1. The molecule has 1 atom stereocenters. The van der Waals surface area contributed by atoms with Crippen molar-refractivity contribution >= 4 is 11.8 Å². The summed E-state index contributed by atoms with van der Waals surface area (Å²) in [7, 11) is 1.56. The van der Waals surface area contributed by atoms with Crippen molar-refractivity contribution in [1.29, 1.82) is 0 Å². The molecule has 4 N–H and O–H groups in total. The van der Waals surface area contributed by atoms with Gasteiger partial charge in [0.15, 0.2) is 11.5 Å². The van der Waals surface area contributed by atoms with Gasteiger partial charge in [0.05, 0.1) is 26.2 Å². The number of nitrogens with zero attached hydrogens (tertiary/aromatic N) is 1. The number of ether oxygens (including phenoxy) is 2. The second-order valence-corrected chi connectivity index (χ2v) is 5.82. The molecule has 2 rings (SSSR count). The van der Waals surface area contributed by atoms with E-state index >= 15 is 0 Å². The van der Waals surface area contributed by atoms with Crippen LogP contribution in [0, 0.1) is 0 Å². The van der Waals surface area contributed by atoms with Crippen LogP contribution in [-0.4, -0.2) is 37.0 Å². The Bertz CT molecular complexity index is 768. The molecule has 0 radical (unpaired) electrons. The summed E-state index contributed by atoms with van der Waals surface area (Å²) in [4.78, 5) is 27.0. The SMILES string of the molecule is COc1cc(C(C)NC(=O)CNC(=O)CN)ccc1OCc1ccncc1. The number of aromatic nitrogens is 1. The third-order valence-electron chi connectivity index (χ3n) is 3.84. The van der Waals surface area contributed by atoms with Crippen LogP contribution >= 0.6 is 0 Å². The molecule has 8 heteroatoms. The Labute approximate surface area is 158 Å². The van der Waals surface area contributed by atoms with Gasteiger partial charge >= 0.3 is 0 Å². The van der Waals surface area contributed by atoms with E-state index in [1.165, 1.54) is 0 Å². The average molecular weight is 372 g/mol. The molecule has 2 amide bonds. The van der Waals surface area contributed by atoms with Crippen LogP contribution < -0.4 is 25.8 Å². The summed E-state index contributed by atoms with van der Waals surface area (Å²) in [6, 6.07) is 8.95. The standard InChI is InChI=1S/C19H24N4O4/c1-13(23-19(25)11-22-18(24)10-20)15-3-4-16(17(9-15)26-2)27-12-14-5-7-21-8-6-14/h3-9,13H,10-12,20H2,1-2H3,(H,22,24)(H,23,25). The highest BCUT2D eigenvalue weighted by atomic mass is 16.5. The van der Waals surface area contributed by atoms with E-state index in [-0.39, 0.29) is 30.9 Å². The van der Waals surface area contributed by atoms with Crippen LogP contribution in [0.2, 0.25) is 0 Å². The molecule has 0 aliphatic rings. The Morgan fingerprint density at radius 1 is 1.15 bits per heavy atom. The van der Waals surface area contributed by atoms with E-state index in [2.05, 4.69) is 15.6 Å². The molecule has 1 unspecified atom stereocenters. The molecular formula is C19H24N4O4. The number of hydrogen-bond donors (Lipinski definition) is 3. The van der Waals surface area contributed by atoms with Crippen molar-refractivity contribution in [2.24, 2.45) is 5.73 Å². The van der Waals surface area contributed by atoms with E-state index in [0.717, 1.165) is 11.1 Å². The lowest BCUT2D eigenvalue weighted by molar-refractivity contribution is -0.125. The molecule has 0 aliphatic carbocycles. The molecule has 0 saturated heterocycles. The monoisotopic (exact) mass is 372 g/mol. The van der Waals surface area contributed by atoms with E-state index in [1.807, 2.05) is 31.2 Å². The van der Waals surface area contributed by atoms with Crippen LogP contribution in [0.4, 0.5) is 0 Å². The fourth-order valence-electron chi connectivity index (χ4n) is 2.34. The second-order valence-electron chi connectivity index (χ2n) is 5.82. The second kappa shape index (κ2) is 10.1. The number of carbonyl (C=O) groups excluding carboxylic acids is 2. The van der Waals surface area contributed by atoms with Gasteiger partial charge in [-0.3, -0.25) is 14.6 Å². The Kier molecular flexibility index (Phi) is 7.57. The van der Waals surface area contributed by atoms with Gasteiger partial charge in [-0.2, -0.15) is 0 Å². The first-order valence-corrected chi connectivity index (χ1v) is 8.49. The summed E-state index contributed by atoms with van der Waals surface area (Å²) in [6.45, 7) is 1.96. The Balaban J connectivity index is 1.97. The number of amides is 2. The van der Waals surface area contributed by atoms with Crippen LogP contribution in [0.25, 0.3) is 0 Å². The number of carbonyl (C=O) groups is 2. The first kappa shape index (κ1) is 20.2. The highest BCUT2D eigenvalue weighted by Gasteiger charge is 2.13. The fourth-order valence-corrected chi connectivity index (χ4v) is 2.34. The number of methoxy groups -OCH3 is 1. The van der Waals surface area contributed by atoms with Crippen molar-refractivity contribution in [2.45, 2.75) is 19.6 Å². The summed E-state index contributed by atoms with van der Waals surface area (Å²) in [6.07, 6.45) is 3.42. The zero-order valence-corrected chi connectivity index (χ0v) is 15.4. The van der Waals surface area contributed by atoms with Crippen molar-refractivity contribution in [3.05, 3.63) is 53.9 Å². The molecule has 0 spiro atoms. The number of nitrogens with one attached hydrogen (secondary N) is 2. The van der Waals surface area contributed by atoms with Crippen molar-refractivity contribution in [1.82, 2.24) is 15.6 Å². The maximum atomic E-state index is 11.9. The van der Waals surface area contributed by atoms with Gasteiger partial charge in [0.1, 0.15) is 6.61 Å². The minimum atomic E-state index is -0.379. The molecule has 0 saturated carbocycles. The molecular weight excluding hydrogens is 348 g/mol. The molecule has 1 aromatic carbocycles. The first-order chi connectivity index (χ1) is 13.0. The minimum Gasteiger partial charge on any atom is -0.493 e. The largest absolute Gasteiger partial charge is 0.493 e. The van der Waals surface area contributed by atoms with Crippen molar-refractivity contribution in [2.75, 3.05) is 20.2 Å². The maximum absolute atomic E-state index is 11.9. The zero-order valence-electron chi connectivity index (χ0n) is 15.4. The topological polar surface area (TPSA) is 116 Å². The fraction of sp³-hybridized carbons (Fsp3) is 0.316. The number of hydrogen-bond acceptors (Lipinski definition) is 6. The predicted octanol–water partition coefficient (Wildman–Crippen LogP) is 0.921. The smallest absolute Gasteiger partial charge is 0.239 e. The van der Waals surface area contributed by atoms with Crippen LogP contribution in [-0.2, 0) is 16.2 Å². The lowest BCUT2D eigenvalue weighted by atomic mass is 10.1. The Morgan fingerprint density at radius 2 is 1.89 bits per heavy atom. The first-order valence-electron chi connectivity index (χ1n) is 8.49. The van der Waals surface area contributed by atoms with Gasteiger partial charge in [-0.25, -0.2) is 0 Å². The summed E-state index contributed by atoms with van der Waals surface area (Å²) in [5.74, 6) is 0.488. The minimum absolute atomic E-state index is 0.120. The molecule has 144 valence electrons. The van der Waals surface area contributed by atoms with E-state index in [4.69, 9.17) is 15.2 Å². The maximum Gasteiger partial charge on any atom is 0.239 e. The molecule has 0 aliphatic heterocycles. The molecule has 0 bridgehead atoms. The van der Waals surface area contributed by atoms with E-state index < -0.39 is 0 Å². The van der Waals surface area contributed by atoms with E-state index in [0.29, 0.717) is 18.1 Å². The summed E-state index contributed by atoms with van der Waals surface area (Å²) in [5.41, 5.74) is 7.03. The highest BCUT2D eigenvalue weighted by Crippen LogP contribution is 2.30. The van der Waals surface area contributed by atoms with E-state index in [1.54, 1.807) is 25.6 Å². The van der Waals surface area contributed by atoms with Crippen molar-refractivity contribution < 1.29 is 19.1 Å². The lowest BCUT2D eigenvalue weighted by Crippen LogP contribution is -2.40.